The second-order valence-electron chi connectivity index (χ2n) is 9.53. The number of ether oxygens (including phenoxy) is 2. The van der Waals surface area contributed by atoms with E-state index < -0.39 is 39.8 Å². The van der Waals surface area contributed by atoms with Crippen LogP contribution in [0, 0.1) is 5.82 Å². The van der Waals surface area contributed by atoms with E-state index in [4.69, 9.17) is 9.47 Å². The molecular formula is C25H25F5N4O3S. The van der Waals surface area contributed by atoms with Gasteiger partial charge in [-0.1, -0.05) is 6.07 Å². The van der Waals surface area contributed by atoms with Crippen LogP contribution in [0.4, 0.5) is 27.3 Å². The highest BCUT2D eigenvalue weighted by molar-refractivity contribution is 8.30. The summed E-state index contributed by atoms with van der Waals surface area (Å²) in [5, 5.41) is 3.22. The van der Waals surface area contributed by atoms with E-state index in [1.807, 2.05) is 0 Å². The summed E-state index contributed by atoms with van der Waals surface area (Å²) >= 11 is 0. The van der Waals surface area contributed by atoms with Gasteiger partial charge in [-0.05, 0) is 34.2 Å². The van der Waals surface area contributed by atoms with E-state index >= 15 is 3.89 Å². The molecule has 1 aromatic heterocycles. The average molecular weight is 557 g/mol. The number of methoxy groups -OCH3 is 1. The molecule has 0 aliphatic carbocycles. The van der Waals surface area contributed by atoms with Crippen molar-refractivity contribution in [1.82, 2.24) is 14.9 Å². The number of alkyl halides is 3. The molecule has 1 saturated heterocycles. The van der Waals surface area contributed by atoms with E-state index in [1.165, 1.54) is 17.7 Å². The van der Waals surface area contributed by atoms with Gasteiger partial charge in [-0.15, -0.1) is 0 Å². The molecule has 2 unspecified atom stereocenters. The molecule has 0 saturated carbocycles. The van der Waals surface area contributed by atoms with Gasteiger partial charge in [0.15, 0.2) is 0 Å². The van der Waals surface area contributed by atoms with Crippen LogP contribution in [0.3, 0.4) is 0 Å². The van der Waals surface area contributed by atoms with Gasteiger partial charge in [-0.2, -0.15) is 22.0 Å². The Hall–Kier alpha value is -2.74. The minimum atomic E-state index is -4.83. The minimum Gasteiger partial charge on any atom is -0.382 e. The summed E-state index contributed by atoms with van der Waals surface area (Å²) in [7, 11) is -2.25. The zero-order chi connectivity index (χ0) is 26.8. The Balaban J connectivity index is 1.72. The van der Waals surface area contributed by atoms with E-state index in [1.54, 1.807) is 4.90 Å². The first kappa shape index (κ1) is 25.5. The molecule has 2 aromatic carbocycles. The number of anilines is 1. The summed E-state index contributed by atoms with van der Waals surface area (Å²) < 4.78 is 88.0. The van der Waals surface area contributed by atoms with Crippen molar-refractivity contribution in [3.8, 4) is 11.1 Å². The maximum atomic E-state index is 17.6. The second kappa shape index (κ2) is 9.18. The van der Waals surface area contributed by atoms with Crippen molar-refractivity contribution in [1.29, 1.82) is 0 Å². The van der Waals surface area contributed by atoms with Gasteiger partial charge in [0.2, 0.25) is 0 Å². The molecule has 0 radical (unpaired) electrons. The molecule has 0 bridgehead atoms. The van der Waals surface area contributed by atoms with Crippen molar-refractivity contribution in [3.05, 3.63) is 46.1 Å². The third-order valence-electron chi connectivity index (χ3n) is 7.25. The Bertz CT molecular complexity index is 1490. The molecule has 3 aliphatic heterocycles. The lowest BCUT2D eigenvalue weighted by atomic mass is 9.96. The van der Waals surface area contributed by atoms with E-state index in [-0.39, 0.29) is 63.2 Å². The number of benzene rings is 2. The molecular weight excluding hydrogens is 531 g/mol. The van der Waals surface area contributed by atoms with Crippen LogP contribution in [0.25, 0.3) is 22.0 Å². The monoisotopic (exact) mass is 556 g/mol. The van der Waals surface area contributed by atoms with Crippen LogP contribution in [0.5, 0.6) is 0 Å². The topological polar surface area (TPSA) is 68.6 Å². The lowest BCUT2D eigenvalue weighted by molar-refractivity contribution is -0.137. The normalized spacial score (nSPS) is 24.3. The fourth-order valence-corrected chi connectivity index (χ4v) is 8.82. The maximum absolute atomic E-state index is 17.6. The fraction of sp³-hybridized carbons (Fsp3) is 0.440. The molecule has 1 N–H and O–H groups in total. The predicted octanol–water partition coefficient (Wildman–Crippen LogP) is 4.10. The Labute approximate surface area is 216 Å². The van der Waals surface area contributed by atoms with E-state index in [9.17, 15) is 22.4 Å². The van der Waals surface area contributed by atoms with E-state index in [0.29, 0.717) is 26.2 Å². The van der Waals surface area contributed by atoms with Gasteiger partial charge in [-0.25, -0.2) is 9.18 Å². The highest BCUT2D eigenvalue weighted by atomic mass is 32.3. The molecule has 1 fully saturated rings. The van der Waals surface area contributed by atoms with Crippen molar-refractivity contribution in [2.75, 3.05) is 57.2 Å². The van der Waals surface area contributed by atoms with Crippen molar-refractivity contribution in [3.63, 3.8) is 0 Å². The number of rotatable bonds is 5. The van der Waals surface area contributed by atoms with Crippen LogP contribution < -0.4 is 15.9 Å². The number of halogens is 5. The van der Waals surface area contributed by atoms with E-state index in [0.717, 1.165) is 18.2 Å². The predicted molar refractivity (Wildman–Crippen MR) is 133 cm³/mol. The van der Waals surface area contributed by atoms with Crippen LogP contribution in [0.2, 0.25) is 0 Å². The number of piperazine rings is 1. The minimum absolute atomic E-state index is 0.00907. The standard InChI is InChI=1S/C25H25F5N4O3S/c1-36-8-9-37-15-12-34-21-17(23(32-24(34)35)33-6-4-31-5-7-33)11-18(25(27,28)29)20-16-3-2-14(26)10-19(16)38(30,13-15)22(20)21/h2-3,10-11,15,31H,4-9,12-13H2,1H3. The number of hydrogen-bond acceptors (Lipinski definition) is 6. The van der Waals surface area contributed by atoms with E-state index in [2.05, 4.69) is 10.3 Å². The Morgan fingerprint density at radius 2 is 1.95 bits per heavy atom. The Kier molecular flexibility index (Phi) is 6.17. The third kappa shape index (κ3) is 3.90. The number of hydrogen-bond donors (Lipinski definition) is 1. The van der Waals surface area contributed by atoms with Crippen molar-refractivity contribution in [2.24, 2.45) is 0 Å². The number of aromatic nitrogens is 2. The summed E-state index contributed by atoms with van der Waals surface area (Å²) in [4.78, 5) is 19.1. The molecule has 3 aromatic rings. The first-order chi connectivity index (χ1) is 18.1. The molecule has 38 heavy (non-hydrogen) atoms. The van der Waals surface area contributed by atoms with Gasteiger partial charge >= 0.3 is 11.9 Å². The number of nitrogens with zero attached hydrogens (tertiary/aromatic N) is 3. The van der Waals surface area contributed by atoms with Gasteiger partial charge in [0, 0.05) is 54.9 Å². The molecule has 0 spiro atoms. The summed E-state index contributed by atoms with van der Waals surface area (Å²) in [6, 6.07) is 4.18. The maximum Gasteiger partial charge on any atom is 0.417 e. The first-order valence-electron chi connectivity index (χ1n) is 12.2. The average Bonchev–Trinajstić information content (AvgIpc) is 3.03. The zero-order valence-electron chi connectivity index (χ0n) is 20.4. The molecule has 7 nitrogen and oxygen atoms in total. The first-order valence-corrected chi connectivity index (χ1v) is 13.9. The van der Waals surface area contributed by atoms with Crippen molar-refractivity contribution >= 4 is 27.1 Å². The highest BCUT2D eigenvalue weighted by Crippen LogP contribution is 2.76. The number of nitrogens with one attached hydrogen (secondary N) is 1. The smallest absolute Gasteiger partial charge is 0.382 e. The van der Waals surface area contributed by atoms with Crippen LogP contribution in [-0.4, -0.2) is 67.9 Å². The Morgan fingerprint density at radius 3 is 2.66 bits per heavy atom. The third-order valence-corrected chi connectivity index (χ3v) is 10.2. The summed E-state index contributed by atoms with van der Waals surface area (Å²) in [6.45, 7) is 2.15. The molecule has 13 heteroatoms. The summed E-state index contributed by atoms with van der Waals surface area (Å²) in [5.74, 6) is -0.972. The van der Waals surface area contributed by atoms with Crippen LogP contribution in [0.15, 0.2) is 38.9 Å². The van der Waals surface area contributed by atoms with Gasteiger partial charge in [0.1, 0.15) is 11.6 Å². The second-order valence-corrected chi connectivity index (χ2v) is 12.0. The van der Waals surface area contributed by atoms with Gasteiger partial charge in [0.25, 0.3) is 0 Å². The van der Waals surface area contributed by atoms with Crippen molar-refractivity contribution < 1.29 is 30.9 Å². The lowest BCUT2D eigenvalue weighted by Gasteiger charge is -2.31. The zero-order valence-corrected chi connectivity index (χ0v) is 21.2. The lowest BCUT2D eigenvalue weighted by Crippen LogP contribution is -2.45. The SMILES string of the molecule is COCCOC1Cn2c(=O)nc(N3CCNCC3)c3cc(C(F)(F)F)c4c(c32)S(F)(C1)c1cc(F)ccc1-4. The quantitative estimate of drug-likeness (QED) is 0.377. The molecule has 2 atom stereocenters. The molecule has 3 aliphatic rings. The summed E-state index contributed by atoms with van der Waals surface area (Å²) in [5.41, 5.74) is -1.99. The van der Waals surface area contributed by atoms with Crippen molar-refractivity contribution in [2.45, 2.75) is 28.6 Å². The number of fused-ring (bicyclic) bond motifs is 3. The van der Waals surface area contributed by atoms with Gasteiger partial charge in [-0.3, -0.25) is 4.57 Å². The highest BCUT2D eigenvalue weighted by Gasteiger charge is 2.50. The van der Waals surface area contributed by atoms with Gasteiger partial charge in [0.05, 0.1) is 41.8 Å². The molecule has 0 amide bonds. The van der Waals surface area contributed by atoms with Gasteiger partial charge < -0.3 is 19.7 Å². The molecule has 4 heterocycles. The molecule has 204 valence electrons. The summed E-state index contributed by atoms with van der Waals surface area (Å²) in [6.07, 6.45) is -5.71. The molecule has 6 rings (SSSR count). The largest absolute Gasteiger partial charge is 0.417 e. The van der Waals surface area contributed by atoms with Crippen LogP contribution >= 0.6 is 10.4 Å². The fourth-order valence-electron chi connectivity index (χ4n) is 5.65. The Morgan fingerprint density at radius 1 is 1.18 bits per heavy atom. The van der Waals surface area contributed by atoms with Crippen LogP contribution in [-0.2, 0) is 22.2 Å². The van der Waals surface area contributed by atoms with Crippen LogP contribution in [0.1, 0.15) is 5.56 Å².